The first-order valence-corrected chi connectivity index (χ1v) is 11.1. The van der Waals surface area contributed by atoms with Gasteiger partial charge in [0.2, 0.25) is 0 Å². The molecule has 0 radical (unpaired) electrons. The summed E-state index contributed by atoms with van der Waals surface area (Å²) in [5, 5.41) is 0. The van der Waals surface area contributed by atoms with Crippen molar-refractivity contribution in [3.63, 3.8) is 0 Å². The van der Waals surface area contributed by atoms with Gasteiger partial charge in [0, 0.05) is 48.8 Å². The first-order chi connectivity index (χ1) is 15.2. The summed E-state index contributed by atoms with van der Waals surface area (Å²) >= 11 is 0. The second kappa shape index (κ2) is 8.67. The maximum absolute atomic E-state index is 5.35. The Morgan fingerprint density at radius 2 is 1.48 bits per heavy atom. The number of fused-ring (bicyclic) bond motifs is 1. The Labute approximate surface area is 184 Å². The highest BCUT2D eigenvalue weighted by Gasteiger charge is 2.29. The number of nitrogens with zero attached hydrogens (tertiary/aromatic N) is 3. The molecule has 1 aliphatic carbocycles. The van der Waals surface area contributed by atoms with E-state index in [9.17, 15) is 0 Å². The highest BCUT2D eigenvalue weighted by Crippen LogP contribution is 2.40. The number of hydrogen-bond donors (Lipinski definition) is 0. The van der Waals surface area contributed by atoms with E-state index in [4.69, 9.17) is 19.4 Å². The number of ether oxygens (including phenoxy) is 2. The Morgan fingerprint density at radius 1 is 0.839 bits per heavy atom. The summed E-state index contributed by atoms with van der Waals surface area (Å²) in [5.74, 6) is 3.35. The summed E-state index contributed by atoms with van der Waals surface area (Å²) in [6.07, 6.45) is 4.36. The van der Waals surface area contributed by atoms with Crippen LogP contribution in [0.15, 0.2) is 48.5 Å². The molecule has 2 heterocycles. The molecule has 0 N–H and O–H groups in total. The molecule has 3 aromatic rings. The third kappa shape index (κ3) is 4.42. The van der Waals surface area contributed by atoms with Crippen molar-refractivity contribution in [3.05, 3.63) is 71.2 Å². The van der Waals surface area contributed by atoms with E-state index in [1.807, 2.05) is 24.3 Å². The summed E-state index contributed by atoms with van der Waals surface area (Å²) < 4.78 is 10.6. The first kappa shape index (κ1) is 20.0. The number of benzene rings is 2. The molecule has 2 aliphatic rings. The third-order valence-corrected chi connectivity index (χ3v) is 6.32. The third-order valence-electron chi connectivity index (χ3n) is 6.32. The maximum Gasteiger partial charge on any atom is 0.132 e. The predicted octanol–water partition coefficient (Wildman–Crippen LogP) is 4.64. The van der Waals surface area contributed by atoms with Crippen LogP contribution in [0.25, 0.3) is 11.3 Å². The molecule has 0 spiro atoms. The van der Waals surface area contributed by atoms with E-state index < -0.39 is 0 Å². The molecule has 0 unspecified atom stereocenters. The lowest BCUT2D eigenvalue weighted by Gasteiger charge is -2.19. The van der Waals surface area contributed by atoms with Gasteiger partial charge in [-0.05, 0) is 61.2 Å². The molecule has 5 nitrogen and oxygen atoms in total. The normalized spacial score (nSPS) is 16.5. The van der Waals surface area contributed by atoms with Gasteiger partial charge in [-0.3, -0.25) is 4.90 Å². The van der Waals surface area contributed by atoms with Gasteiger partial charge in [0.25, 0.3) is 0 Å². The second-order valence-corrected chi connectivity index (χ2v) is 8.48. The molecule has 5 heteroatoms. The summed E-state index contributed by atoms with van der Waals surface area (Å²) in [6, 6.07) is 16.7. The van der Waals surface area contributed by atoms with E-state index in [2.05, 4.69) is 29.2 Å². The van der Waals surface area contributed by atoms with E-state index in [0.717, 1.165) is 61.1 Å². The number of methoxy groups -OCH3 is 2. The van der Waals surface area contributed by atoms with Gasteiger partial charge >= 0.3 is 0 Å². The van der Waals surface area contributed by atoms with Gasteiger partial charge in [-0.2, -0.15) is 0 Å². The molecule has 0 bridgehead atoms. The summed E-state index contributed by atoms with van der Waals surface area (Å²) in [7, 11) is 3.41. The number of rotatable bonds is 6. The van der Waals surface area contributed by atoms with Crippen molar-refractivity contribution in [2.24, 2.45) is 0 Å². The quantitative estimate of drug-likeness (QED) is 0.587. The topological polar surface area (TPSA) is 47.5 Å². The van der Waals surface area contributed by atoms with Gasteiger partial charge in [0.05, 0.1) is 19.9 Å². The molecule has 1 fully saturated rings. The van der Waals surface area contributed by atoms with Gasteiger partial charge in [0.1, 0.15) is 17.3 Å². The molecule has 5 rings (SSSR count). The van der Waals surface area contributed by atoms with Crippen LogP contribution in [-0.4, -0.2) is 42.2 Å². The van der Waals surface area contributed by atoms with Crippen LogP contribution in [0.2, 0.25) is 0 Å². The molecule has 1 saturated carbocycles. The van der Waals surface area contributed by atoms with Crippen LogP contribution in [0.5, 0.6) is 11.5 Å². The SMILES string of the molecule is COc1ccc(CN2CCc3nc(C4CC4)nc(-c4ccc(OC)cc4)c3CC2)cc1. The number of hydrogen-bond acceptors (Lipinski definition) is 5. The van der Waals surface area contributed by atoms with Gasteiger partial charge in [-0.1, -0.05) is 12.1 Å². The van der Waals surface area contributed by atoms with Crippen LogP contribution in [-0.2, 0) is 19.4 Å². The maximum atomic E-state index is 5.35. The fourth-order valence-corrected chi connectivity index (χ4v) is 4.32. The molecule has 1 aromatic heterocycles. The largest absolute Gasteiger partial charge is 0.497 e. The van der Waals surface area contributed by atoms with E-state index in [0.29, 0.717) is 5.92 Å². The molecule has 0 amide bonds. The molecular formula is C26H29N3O2. The molecule has 160 valence electrons. The summed E-state index contributed by atoms with van der Waals surface area (Å²) in [4.78, 5) is 12.6. The smallest absolute Gasteiger partial charge is 0.132 e. The minimum Gasteiger partial charge on any atom is -0.497 e. The van der Waals surface area contributed by atoms with E-state index >= 15 is 0 Å². The van der Waals surface area contributed by atoms with Crippen molar-refractivity contribution in [3.8, 4) is 22.8 Å². The van der Waals surface area contributed by atoms with Crippen molar-refractivity contribution >= 4 is 0 Å². The van der Waals surface area contributed by atoms with Crippen molar-refractivity contribution in [1.29, 1.82) is 0 Å². The van der Waals surface area contributed by atoms with Crippen molar-refractivity contribution < 1.29 is 9.47 Å². The second-order valence-electron chi connectivity index (χ2n) is 8.48. The fraction of sp³-hybridized carbons (Fsp3) is 0.385. The highest BCUT2D eigenvalue weighted by atomic mass is 16.5. The van der Waals surface area contributed by atoms with E-state index in [1.54, 1.807) is 14.2 Å². The lowest BCUT2D eigenvalue weighted by molar-refractivity contribution is 0.279. The first-order valence-electron chi connectivity index (χ1n) is 11.1. The molecule has 1 aliphatic heterocycles. The van der Waals surface area contributed by atoms with Gasteiger partial charge in [-0.25, -0.2) is 9.97 Å². The standard InChI is InChI=1S/C26H29N3O2/c1-30-21-9-3-18(4-10-21)17-29-15-13-23-24(14-16-29)27-26(20-5-6-20)28-25(23)19-7-11-22(31-2)12-8-19/h3-4,7-12,20H,5-6,13-17H2,1-2H3. The number of aromatic nitrogens is 2. The summed E-state index contributed by atoms with van der Waals surface area (Å²) in [6.45, 7) is 2.97. The molecule has 0 atom stereocenters. The van der Waals surface area contributed by atoms with Crippen molar-refractivity contribution in [1.82, 2.24) is 14.9 Å². The lowest BCUT2D eigenvalue weighted by Crippen LogP contribution is -2.25. The van der Waals surface area contributed by atoms with Crippen LogP contribution in [0, 0.1) is 0 Å². The zero-order valence-corrected chi connectivity index (χ0v) is 18.3. The average Bonchev–Trinajstić information content (AvgIpc) is 3.67. The van der Waals surface area contributed by atoms with Crippen LogP contribution in [0.1, 0.15) is 41.4 Å². The molecule has 31 heavy (non-hydrogen) atoms. The Hall–Kier alpha value is -2.92. The Morgan fingerprint density at radius 3 is 2.13 bits per heavy atom. The van der Waals surface area contributed by atoms with Crippen LogP contribution in [0.4, 0.5) is 0 Å². The monoisotopic (exact) mass is 415 g/mol. The van der Waals surface area contributed by atoms with Crippen molar-refractivity contribution in [2.75, 3.05) is 27.3 Å². The van der Waals surface area contributed by atoms with E-state index in [-0.39, 0.29) is 0 Å². The highest BCUT2D eigenvalue weighted by molar-refractivity contribution is 5.65. The molecule has 0 saturated heterocycles. The van der Waals surface area contributed by atoms with E-state index in [1.165, 1.54) is 29.7 Å². The van der Waals surface area contributed by atoms with Crippen LogP contribution in [0.3, 0.4) is 0 Å². The van der Waals surface area contributed by atoms with Gasteiger partial charge < -0.3 is 9.47 Å². The van der Waals surface area contributed by atoms with Gasteiger partial charge in [0.15, 0.2) is 0 Å². The Balaban J connectivity index is 1.41. The molecular weight excluding hydrogens is 386 g/mol. The molecule has 2 aromatic carbocycles. The van der Waals surface area contributed by atoms with Gasteiger partial charge in [-0.15, -0.1) is 0 Å². The summed E-state index contributed by atoms with van der Waals surface area (Å²) in [5.41, 5.74) is 6.13. The average molecular weight is 416 g/mol. The minimum atomic E-state index is 0.543. The van der Waals surface area contributed by atoms with Crippen molar-refractivity contribution in [2.45, 2.75) is 38.1 Å². The fourth-order valence-electron chi connectivity index (χ4n) is 4.32. The zero-order valence-electron chi connectivity index (χ0n) is 18.3. The Kier molecular flexibility index (Phi) is 5.60. The van der Waals surface area contributed by atoms with Crippen LogP contribution >= 0.6 is 0 Å². The minimum absolute atomic E-state index is 0.543. The predicted molar refractivity (Wildman–Crippen MR) is 122 cm³/mol. The van der Waals surface area contributed by atoms with Crippen LogP contribution < -0.4 is 9.47 Å². The zero-order chi connectivity index (χ0) is 21.2. The Bertz CT molecular complexity index is 1040. The lowest BCUT2D eigenvalue weighted by atomic mass is 10.0.